The van der Waals surface area contributed by atoms with Crippen molar-refractivity contribution in [3.8, 4) is 11.1 Å². The Morgan fingerprint density at radius 1 is 0.471 bits per heavy atom. The number of nitrogens with zero attached hydrogens (tertiary/aromatic N) is 2. The summed E-state index contributed by atoms with van der Waals surface area (Å²) in [4.78, 5) is 0. The minimum atomic E-state index is -0.379. The Kier molecular flexibility index (Phi) is 6.27. The van der Waals surface area contributed by atoms with Crippen molar-refractivity contribution < 1.29 is 8.83 Å². The molecular formula is C45H31N4O2-. The third-order valence-electron chi connectivity index (χ3n) is 10.5. The van der Waals surface area contributed by atoms with Gasteiger partial charge >= 0.3 is 0 Å². The first-order valence-electron chi connectivity index (χ1n) is 17.4. The summed E-state index contributed by atoms with van der Waals surface area (Å²) in [6, 6.07) is 55.2. The van der Waals surface area contributed by atoms with Gasteiger partial charge in [0.15, 0.2) is 0 Å². The second kappa shape index (κ2) is 11.2. The lowest BCUT2D eigenvalue weighted by molar-refractivity contribution is 0.275. The Bertz CT molecular complexity index is 2870. The van der Waals surface area contributed by atoms with Gasteiger partial charge in [0.2, 0.25) is 0 Å². The molecule has 2 N–H and O–H groups in total. The van der Waals surface area contributed by atoms with E-state index in [1.807, 2.05) is 18.2 Å². The highest BCUT2D eigenvalue weighted by atomic mass is 16.3. The van der Waals surface area contributed by atoms with Gasteiger partial charge in [-0.2, -0.15) is 0 Å². The molecule has 0 bridgehead atoms. The van der Waals surface area contributed by atoms with E-state index in [9.17, 15) is 0 Å². The van der Waals surface area contributed by atoms with Gasteiger partial charge in [-0.3, -0.25) is 5.32 Å². The first-order chi connectivity index (χ1) is 25.3. The van der Waals surface area contributed by atoms with Crippen LogP contribution in [0.5, 0.6) is 0 Å². The number of rotatable bonds is 4. The van der Waals surface area contributed by atoms with E-state index in [1.54, 1.807) is 0 Å². The minimum absolute atomic E-state index is 0.202. The highest BCUT2D eigenvalue weighted by Gasteiger charge is 2.27. The molecule has 1 aliphatic rings. The number of hydrogen-bond acceptors (Lipinski definition) is 4. The number of hydrogen-bond donors (Lipinski definition) is 2. The van der Waals surface area contributed by atoms with E-state index >= 15 is 0 Å². The van der Waals surface area contributed by atoms with E-state index in [4.69, 9.17) is 14.2 Å². The van der Waals surface area contributed by atoms with Gasteiger partial charge in [0, 0.05) is 38.0 Å². The van der Waals surface area contributed by atoms with E-state index in [0.717, 1.165) is 66.0 Å². The molecule has 0 spiro atoms. The predicted molar refractivity (Wildman–Crippen MR) is 206 cm³/mol. The van der Waals surface area contributed by atoms with Crippen LogP contribution in [-0.4, -0.2) is 4.57 Å². The number of fused-ring (bicyclic) bond motifs is 10. The molecule has 7 aromatic carbocycles. The van der Waals surface area contributed by atoms with Gasteiger partial charge in [0.05, 0.1) is 11.6 Å². The standard InChI is InChI=1S/C45H31N4O2/c1-2-11-27(12-3-1)28-21-23-29(24-22-28)43-46-44(48-45(47-43)49-36-18-7-4-13-30(36)31-14-5-8-19-37(31)49)35-17-10-16-32-33-25-26-39-40(42(33)51-41(32)35)34-15-6-9-20-38(34)50-39/h1-26,43-47H/q-1. The van der Waals surface area contributed by atoms with E-state index in [1.165, 1.54) is 21.9 Å². The van der Waals surface area contributed by atoms with Gasteiger partial charge in [-0.1, -0.05) is 134 Å². The number of benzene rings is 7. The Labute approximate surface area is 292 Å². The fourth-order valence-corrected chi connectivity index (χ4v) is 8.10. The molecule has 0 amide bonds. The summed E-state index contributed by atoms with van der Waals surface area (Å²) in [5, 5.41) is 19.8. The zero-order valence-electron chi connectivity index (χ0n) is 27.5. The van der Waals surface area contributed by atoms with Crippen molar-refractivity contribution in [3.05, 3.63) is 174 Å². The summed E-state index contributed by atoms with van der Waals surface area (Å²) in [7, 11) is 0. The Morgan fingerprint density at radius 3 is 1.90 bits per heavy atom. The third kappa shape index (κ3) is 4.41. The molecule has 3 atom stereocenters. The molecule has 4 heterocycles. The highest BCUT2D eigenvalue weighted by Crippen LogP contribution is 2.45. The van der Waals surface area contributed by atoms with E-state index in [2.05, 4.69) is 155 Å². The fourth-order valence-electron chi connectivity index (χ4n) is 8.10. The summed E-state index contributed by atoms with van der Waals surface area (Å²) in [6.45, 7) is 0. The van der Waals surface area contributed by atoms with Crippen molar-refractivity contribution >= 4 is 65.7 Å². The van der Waals surface area contributed by atoms with Crippen molar-refractivity contribution in [1.29, 1.82) is 0 Å². The first kappa shape index (κ1) is 28.6. The molecule has 0 radical (unpaired) electrons. The smallest absolute Gasteiger partial charge is 0.147 e. The van der Waals surface area contributed by atoms with E-state index in [-0.39, 0.29) is 18.6 Å². The lowest BCUT2D eigenvalue weighted by atomic mass is 10.0. The first-order valence-corrected chi connectivity index (χ1v) is 17.4. The Balaban J connectivity index is 1.08. The zero-order chi connectivity index (χ0) is 33.5. The largest absolute Gasteiger partial charge is 0.610 e. The lowest BCUT2D eigenvalue weighted by Crippen LogP contribution is -2.46. The average molecular weight is 660 g/mol. The number of para-hydroxylation sites is 4. The van der Waals surface area contributed by atoms with E-state index in [0.29, 0.717) is 0 Å². The SMILES string of the molecule is c1ccc(-c2ccc(C3NC(c4cccc5c4oc4c5ccc5oc6ccccc6c54)[N-]C(n4c5ccccc5c5ccccc54)N3)cc2)cc1. The Morgan fingerprint density at radius 2 is 1.12 bits per heavy atom. The molecule has 244 valence electrons. The molecule has 0 saturated carbocycles. The minimum Gasteiger partial charge on any atom is -0.610 e. The second-order valence-electron chi connectivity index (χ2n) is 13.3. The van der Waals surface area contributed by atoms with Crippen LogP contribution in [0.15, 0.2) is 167 Å². The van der Waals surface area contributed by atoms with Gasteiger partial charge in [-0.05, 0) is 58.9 Å². The topological polar surface area (TPSA) is 69.4 Å². The maximum Gasteiger partial charge on any atom is 0.147 e. The molecular weight excluding hydrogens is 629 g/mol. The monoisotopic (exact) mass is 659 g/mol. The van der Waals surface area contributed by atoms with Crippen LogP contribution in [0, 0.1) is 0 Å². The van der Waals surface area contributed by atoms with Crippen LogP contribution in [0.2, 0.25) is 0 Å². The molecule has 1 aliphatic heterocycles. The third-order valence-corrected chi connectivity index (χ3v) is 10.5. The molecule has 0 aliphatic carbocycles. The van der Waals surface area contributed by atoms with Crippen molar-refractivity contribution in [2.45, 2.75) is 18.6 Å². The second-order valence-corrected chi connectivity index (χ2v) is 13.3. The van der Waals surface area contributed by atoms with Crippen LogP contribution in [-0.2, 0) is 0 Å². The van der Waals surface area contributed by atoms with Crippen molar-refractivity contribution in [2.24, 2.45) is 0 Å². The van der Waals surface area contributed by atoms with Crippen molar-refractivity contribution in [2.75, 3.05) is 0 Å². The predicted octanol–water partition coefficient (Wildman–Crippen LogP) is 11.7. The molecule has 10 aromatic rings. The highest BCUT2D eigenvalue weighted by molar-refractivity contribution is 6.22. The van der Waals surface area contributed by atoms with Gasteiger partial charge in [0.25, 0.3) is 0 Å². The number of furan rings is 2. The van der Waals surface area contributed by atoms with Crippen LogP contribution in [0.4, 0.5) is 0 Å². The summed E-state index contributed by atoms with van der Waals surface area (Å²) in [6.07, 6.45) is -0.953. The summed E-state index contributed by atoms with van der Waals surface area (Å²) >= 11 is 0. The maximum absolute atomic E-state index is 6.90. The molecule has 6 nitrogen and oxygen atoms in total. The molecule has 3 unspecified atom stereocenters. The van der Waals surface area contributed by atoms with Crippen molar-refractivity contribution in [1.82, 2.24) is 15.2 Å². The van der Waals surface area contributed by atoms with Gasteiger partial charge in [0.1, 0.15) is 22.3 Å². The van der Waals surface area contributed by atoms with Crippen LogP contribution < -0.4 is 10.6 Å². The summed E-state index contributed by atoms with van der Waals surface area (Å²) in [5.41, 5.74) is 10.1. The molecule has 3 aromatic heterocycles. The number of aromatic nitrogens is 1. The molecule has 11 rings (SSSR count). The normalized spacial score (nSPS) is 18.2. The molecule has 1 fully saturated rings. The average Bonchev–Trinajstić information content (AvgIpc) is 3.88. The zero-order valence-corrected chi connectivity index (χ0v) is 27.5. The lowest BCUT2D eigenvalue weighted by Gasteiger charge is -2.50. The van der Waals surface area contributed by atoms with Gasteiger partial charge < -0.3 is 24.0 Å². The molecule has 1 saturated heterocycles. The van der Waals surface area contributed by atoms with E-state index < -0.39 is 0 Å². The summed E-state index contributed by atoms with van der Waals surface area (Å²) < 4.78 is 15.5. The van der Waals surface area contributed by atoms with Gasteiger partial charge in [-0.15, -0.1) is 0 Å². The molecule has 51 heavy (non-hydrogen) atoms. The van der Waals surface area contributed by atoms with Crippen LogP contribution >= 0.6 is 0 Å². The van der Waals surface area contributed by atoms with Gasteiger partial charge in [-0.25, -0.2) is 0 Å². The van der Waals surface area contributed by atoms with Crippen molar-refractivity contribution in [3.63, 3.8) is 0 Å². The number of nitrogens with one attached hydrogen (secondary N) is 2. The molecule has 6 heteroatoms. The fraction of sp³-hybridized carbons (Fsp3) is 0.0667. The quantitative estimate of drug-likeness (QED) is 0.197. The maximum atomic E-state index is 6.90. The summed E-state index contributed by atoms with van der Waals surface area (Å²) in [5.74, 6) is 0. The Hall–Kier alpha value is -6.18. The van der Waals surface area contributed by atoms with Crippen LogP contribution in [0.25, 0.3) is 82.1 Å². The van der Waals surface area contributed by atoms with Crippen LogP contribution in [0.3, 0.4) is 0 Å². The van der Waals surface area contributed by atoms with Crippen LogP contribution in [0.1, 0.15) is 29.7 Å².